The van der Waals surface area contributed by atoms with E-state index in [1.165, 1.54) is 31.2 Å². The lowest BCUT2D eigenvalue weighted by Crippen LogP contribution is -2.26. The molecular formula is C8H10ClNO2S. The summed E-state index contributed by atoms with van der Waals surface area (Å²) >= 11 is 5.62. The summed E-state index contributed by atoms with van der Waals surface area (Å²) in [5.74, 6) is 0. The number of hydrogen-bond donors (Lipinski definition) is 1. The Morgan fingerprint density at radius 3 is 2.15 bits per heavy atom. The van der Waals surface area contributed by atoms with Crippen LogP contribution in [0.2, 0.25) is 5.02 Å². The fourth-order valence-electron chi connectivity index (χ4n) is 0.839. The predicted molar refractivity (Wildman–Crippen MR) is 52.3 cm³/mol. The van der Waals surface area contributed by atoms with Gasteiger partial charge in [-0.05, 0) is 31.2 Å². The van der Waals surface area contributed by atoms with Crippen LogP contribution in [0.5, 0.6) is 0 Å². The molecule has 72 valence electrons. The summed E-state index contributed by atoms with van der Waals surface area (Å²) < 4.78 is 23.0. The van der Waals surface area contributed by atoms with Gasteiger partial charge in [0.25, 0.3) is 0 Å². The highest BCUT2D eigenvalue weighted by molar-refractivity contribution is 7.92. The topological polar surface area (TPSA) is 60.2 Å². The molecule has 0 saturated heterocycles. The van der Waals surface area contributed by atoms with Crippen molar-refractivity contribution in [2.24, 2.45) is 5.73 Å². The third-order valence-corrected chi connectivity index (χ3v) is 3.79. The molecule has 5 heteroatoms. The number of rotatable bonds is 2. The zero-order valence-corrected chi connectivity index (χ0v) is 8.64. The van der Waals surface area contributed by atoms with Crippen molar-refractivity contribution < 1.29 is 8.42 Å². The Labute approximate surface area is 82.4 Å². The zero-order valence-electron chi connectivity index (χ0n) is 7.07. The first-order valence-electron chi connectivity index (χ1n) is 3.69. The van der Waals surface area contributed by atoms with Crippen LogP contribution >= 0.6 is 11.6 Å². The van der Waals surface area contributed by atoms with Crippen LogP contribution in [-0.4, -0.2) is 13.8 Å². The molecule has 0 saturated carbocycles. The molecule has 0 radical (unpaired) electrons. The molecule has 0 bridgehead atoms. The molecule has 0 amide bonds. The second-order valence-electron chi connectivity index (χ2n) is 2.70. The van der Waals surface area contributed by atoms with Gasteiger partial charge in [0.15, 0.2) is 9.84 Å². The molecule has 13 heavy (non-hydrogen) atoms. The quantitative estimate of drug-likeness (QED) is 0.819. The Kier molecular flexibility index (Phi) is 2.95. The zero-order chi connectivity index (χ0) is 10.1. The molecule has 1 unspecified atom stereocenters. The second kappa shape index (κ2) is 3.65. The molecule has 2 N–H and O–H groups in total. The number of sulfone groups is 1. The van der Waals surface area contributed by atoms with Gasteiger partial charge < -0.3 is 5.73 Å². The highest BCUT2D eigenvalue weighted by atomic mass is 35.5. The predicted octanol–water partition coefficient (Wildman–Crippen LogP) is 1.42. The fourth-order valence-corrected chi connectivity index (χ4v) is 1.91. The Bertz CT molecular complexity index is 383. The summed E-state index contributed by atoms with van der Waals surface area (Å²) in [4.78, 5) is 0.201. The number of nitrogens with two attached hydrogens (primary N) is 1. The van der Waals surface area contributed by atoms with E-state index in [1.807, 2.05) is 0 Å². The van der Waals surface area contributed by atoms with Crippen molar-refractivity contribution in [1.82, 2.24) is 0 Å². The first-order chi connectivity index (χ1) is 5.94. The van der Waals surface area contributed by atoms with E-state index >= 15 is 0 Å². The summed E-state index contributed by atoms with van der Waals surface area (Å²) in [6, 6.07) is 5.94. The molecule has 0 fully saturated rings. The molecule has 0 aliphatic carbocycles. The third kappa shape index (κ3) is 2.21. The average Bonchev–Trinajstić information content (AvgIpc) is 2.04. The van der Waals surface area contributed by atoms with Crippen molar-refractivity contribution in [2.75, 3.05) is 0 Å². The Morgan fingerprint density at radius 2 is 1.77 bits per heavy atom. The average molecular weight is 220 g/mol. The van der Waals surface area contributed by atoms with E-state index in [-0.39, 0.29) is 4.90 Å². The van der Waals surface area contributed by atoms with E-state index in [9.17, 15) is 8.42 Å². The van der Waals surface area contributed by atoms with Crippen molar-refractivity contribution in [2.45, 2.75) is 17.2 Å². The minimum absolute atomic E-state index is 0.201. The van der Waals surface area contributed by atoms with Crippen LogP contribution in [-0.2, 0) is 9.84 Å². The van der Waals surface area contributed by atoms with E-state index in [2.05, 4.69) is 0 Å². The molecule has 0 aliphatic rings. The Morgan fingerprint density at radius 1 is 1.31 bits per heavy atom. The smallest absolute Gasteiger partial charge is 0.193 e. The highest BCUT2D eigenvalue weighted by Gasteiger charge is 2.18. The lowest BCUT2D eigenvalue weighted by molar-refractivity contribution is 0.585. The van der Waals surface area contributed by atoms with Crippen LogP contribution < -0.4 is 5.73 Å². The van der Waals surface area contributed by atoms with E-state index in [0.29, 0.717) is 5.02 Å². The van der Waals surface area contributed by atoms with Crippen molar-refractivity contribution in [3.8, 4) is 0 Å². The van der Waals surface area contributed by atoms with Gasteiger partial charge in [-0.25, -0.2) is 8.42 Å². The summed E-state index contributed by atoms with van der Waals surface area (Å²) in [6.45, 7) is 1.43. The number of halogens is 1. The van der Waals surface area contributed by atoms with Crippen molar-refractivity contribution >= 4 is 21.4 Å². The molecule has 0 heterocycles. The van der Waals surface area contributed by atoms with Gasteiger partial charge in [-0.15, -0.1) is 0 Å². The van der Waals surface area contributed by atoms with Crippen LogP contribution in [0.1, 0.15) is 6.92 Å². The van der Waals surface area contributed by atoms with Crippen LogP contribution in [0, 0.1) is 0 Å². The lowest BCUT2D eigenvalue weighted by atomic mass is 10.4. The first-order valence-corrected chi connectivity index (χ1v) is 5.62. The van der Waals surface area contributed by atoms with Crippen molar-refractivity contribution in [1.29, 1.82) is 0 Å². The standard InChI is InChI=1S/C8H10ClNO2S/c1-6(10)13(11,12)8-4-2-7(9)3-5-8/h2-6H,10H2,1H3. The number of benzene rings is 1. The van der Waals surface area contributed by atoms with E-state index in [4.69, 9.17) is 17.3 Å². The van der Waals surface area contributed by atoms with E-state index in [1.54, 1.807) is 0 Å². The van der Waals surface area contributed by atoms with E-state index in [0.717, 1.165) is 0 Å². The van der Waals surface area contributed by atoms with Gasteiger partial charge in [0.2, 0.25) is 0 Å². The fraction of sp³-hybridized carbons (Fsp3) is 0.250. The normalized spacial score (nSPS) is 14.1. The van der Waals surface area contributed by atoms with Gasteiger partial charge in [0.1, 0.15) is 5.37 Å². The maximum absolute atomic E-state index is 11.5. The Hall–Kier alpha value is -0.580. The first kappa shape index (κ1) is 10.5. The SMILES string of the molecule is CC(N)S(=O)(=O)c1ccc(Cl)cc1. The maximum atomic E-state index is 11.5. The monoisotopic (exact) mass is 219 g/mol. The third-order valence-electron chi connectivity index (χ3n) is 1.63. The number of hydrogen-bond acceptors (Lipinski definition) is 3. The summed E-state index contributed by atoms with van der Waals surface area (Å²) in [6.07, 6.45) is 0. The summed E-state index contributed by atoms with van der Waals surface area (Å²) in [5, 5.41) is -0.391. The largest absolute Gasteiger partial charge is 0.315 e. The molecule has 0 aliphatic heterocycles. The summed E-state index contributed by atoms with van der Waals surface area (Å²) in [7, 11) is -3.37. The van der Waals surface area contributed by atoms with Gasteiger partial charge in [-0.3, -0.25) is 0 Å². The summed E-state index contributed by atoms with van der Waals surface area (Å²) in [5.41, 5.74) is 5.32. The highest BCUT2D eigenvalue weighted by Crippen LogP contribution is 2.16. The van der Waals surface area contributed by atoms with E-state index < -0.39 is 15.2 Å². The van der Waals surface area contributed by atoms with Crippen LogP contribution in [0.15, 0.2) is 29.2 Å². The van der Waals surface area contributed by atoms with Gasteiger partial charge in [-0.2, -0.15) is 0 Å². The van der Waals surface area contributed by atoms with Gasteiger partial charge in [0.05, 0.1) is 4.90 Å². The van der Waals surface area contributed by atoms with Gasteiger partial charge >= 0.3 is 0 Å². The van der Waals surface area contributed by atoms with Crippen molar-refractivity contribution in [3.05, 3.63) is 29.3 Å². The molecular weight excluding hydrogens is 210 g/mol. The molecule has 0 aromatic heterocycles. The minimum atomic E-state index is -3.37. The second-order valence-corrected chi connectivity index (χ2v) is 5.45. The van der Waals surface area contributed by atoms with Gasteiger partial charge in [0, 0.05) is 5.02 Å². The lowest BCUT2D eigenvalue weighted by Gasteiger charge is -2.06. The molecule has 3 nitrogen and oxygen atoms in total. The van der Waals surface area contributed by atoms with Crippen LogP contribution in [0.3, 0.4) is 0 Å². The molecule has 1 atom stereocenters. The van der Waals surface area contributed by atoms with Crippen LogP contribution in [0.25, 0.3) is 0 Å². The molecule has 1 aromatic rings. The molecule has 1 rings (SSSR count). The molecule has 1 aromatic carbocycles. The van der Waals surface area contributed by atoms with Crippen LogP contribution in [0.4, 0.5) is 0 Å². The minimum Gasteiger partial charge on any atom is -0.315 e. The van der Waals surface area contributed by atoms with Gasteiger partial charge in [-0.1, -0.05) is 11.6 Å². The maximum Gasteiger partial charge on any atom is 0.193 e. The van der Waals surface area contributed by atoms with Crippen molar-refractivity contribution in [3.63, 3.8) is 0 Å². The molecule has 0 spiro atoms. The Balaban J connectivity index is 3.17.